The van der Waals surface area contributed by atoms with Crippen molar-refractivity contribution in [3.05, 3.63) is 28.0 Å². The summed E-state index contributed by atoms with van der Waals surface area (Å²) in [7, 11) is 0. The van der Waals surface area contributed by atoms with Crippen LogP contribution in [-0.2, 0) is 0 Å². The Balaban J connectivity index is 0.00000121. The lowest BCUT2D eigenvalue weighted by Crippen LogP contribution is -2.09. The first-order valence-electron chi connectivity index (χ1n) is 2.70. The van der Waals surface area contributed by atoms with Crippen LogP contribution < -0.4 is 5.73 Å². The van der Waals surface area contributed by atoms with Gasteiger partial charge in [-0.25, -0.2) is 0 Å². The van der Waals surface area contributed by atoms with Crippen molar-refractivity contribution in [2.75, 3.05) is 0 Å². The van der Waals surface area contributed by atoms with E-state index < -0.39 is 10.8 Å². The number of rotatable bonds is 2. The quantitative estimate of drug-likeness (QED) is 0.313. The lowest BCUT2D eigenvalue weighted by atomic mass is 10.4. The third kappa shape index (κ3) is 1.96. The maximum absolute atomic E-state index is 10.0. The van der Waals surface area contributed by atoms with Crippen molar-refractivity contribution in [1.29, 1.82) is 5.41 Å². The van der Waals surface area contributed by atoms with E-state index in [0.717, 1.165) is 6.07 Å². The van der Waals surface area contributed by atoms with Crippen LogP contribution in [0.15, 0.2) is 16.5 Å². The Morgan fingerprint density at radius 3 is 2.50 bits per heavy atom. The SMILES string of the molecule is Cl.N=C(N)c1ccc([N+](=O)[O-])o1. The molecule has 0 amide bonds. The summed E-state index contributed by atoms with van der Waals surface area (Å²) < 4.78 is 4.56. The van der Waals surface area contributed by atoms with Crippen LogP contribution in [0.25, 0.3) is 0 Å². The monoisotopic (exact) mass is 191 g/mol. The molecular formula is C5H6ClN3O3. The molecule has 7 heteroatoms. The molecule has 0 aliphatic carbocycles. The molecule has 6 nitrogen and oxygen atoms in total. The molecule has 1 heterocycles. The molecule has 0 aliphatic rings. The number of nitrogens with two attached hydrogens (primary N) is 1. The van der Waals surface area contributed by atoms with E-state index in [0.29, 0.717) is 0 Å². The molecule has 1 rings (SSSR count). The predicted octanol–water partition coefficient (Wildman–Crippen LogP) is 0.894. The average molecular weight is 192 g/mol. The van der Waals surface area contributed by atoms with Crippen LogP contribution in [0, 0.1) is 15.5 Å². The zero-order chi connectivity index (χ0) is 8.43. The number of hydrogen-bond donors (Lipinski definition) is 2. The number of halogens is 1. The Hall–Kier alpha value is -1.56. The highest BCUT2D eigenvalue weighted by atomic mass is 35.5. The lowest BCUT2D eigenvalue weighted by molar-refractivity contribution is -0.402. The summed E-state index contributed by atoms with van der Waals surface area (Å²) in [6.07, 6.45) is 0. The molecule has 0 saturated heterocycles. The van der Waals surface area contributed by atoms with Crippen molar-refractivity contribution in [2.24, 2.45) is 5.73 Å². The molecule has 0 fully saturated rings. The van der Waals surface area contributed by atoms with Crippen LogP contribution in [0.3, 0.4) is 0 Å². The fraction of sp³-hybridized carbons (Fsp3) is 0. The normalized spacial score (nSPS) is 8.67. The summed E-state index contributed by atoms with van der Waals surface area (Å²) in [5.74, 6) is -0.718. The molecule has 0 aliphatic heterocycles. The highest BCUT2D eigenvalue weighted by molar-refractivity contribution is 5.92. The summed E-state index contributed by atoms with van der Waals surface area (Å²) in [4.78, 5) is 9.35. The maximum atomic E-state index is 10.0. The second-order valence-corrected chi connectivity index (χ2v) is 1.81. The number of nitro groups is 1. The van der Waals surface area contributed by atoms with Crippen LogP contribution in [0.2, 0.25) is 0 Å². The topological polar surface area (TPSA) is 106 Å². The Morgan fingerprint density at radius 2 is 2.25 bits per heavy atom. The summed E-state index contributed by atoms with van der Waals surface area (Å²) in [6, 6.07) is 2.43. The van der Waals surface area contributed by atoms with Gasteiger partial charge < -0.3 is 10.2 Å². The molecule has 0 aromatic carbocycles. The van der Waals surface area contributed by atoms with Gasteiger partial charge >= 0.3 is 5.88 Å². The third-order valence-electron chi connectivity index (χ3n) is 1.04. The minimum Gasteiger partial charge on any atom is -0.397 e. The van der Waals surface area contributed by atoms with E-state index in [1.807, 2.05) is 0 Å². The van der Waals surface area contributed by atoms with E-state index in [-0.39, 0.29) is 24.0 Å². The highest BCUT2D eigenvalue weighted by Gasteiger charge is 2.12. The van der Waals surface area contributed by atoms with Gasteiger partial charge in [0, 0.05) is 0 Å². The van der Waals surface area contributed by atoms with E-state index in [2.05, 4.69) is 4.42 Å². The molecule has 0 bridgehead atoms. The Kier molecular flexibility index (Phi) is 3.24. The third-order valence-corrected chi connectivity index (χ3v) is 1.04. The molecule has 0 radical (unpaired) electrons. The number of nitrogens with zero attached hydrogens (tertiary/aromatic N) is 1. The molecule has 12 heavy (non-hydrogen) atoms. The van der Waals surface area contributed by atoms with Gasteiger partial charge in [0.1, 0.15) is 4.92 Å². The minimum atomic E-state index is -0.688. The van der Waals surface area contributed by atoms with Crippen LogP contribution in [0.4, 0.5) is 5.88 Å². The van der Waals surface area contributed by atoms with Gasteiger partial charge in [-0.3, -0.25) is 15.5 Å². The first-order valence-corrected chi connectivity index (χ1v) is 2.70. The molecule has 0 saturated carbocycles. The summed E-state index contributed by atoms with van der Waals surface area (Å²) in [6.45, 7) is 0. The molecule has 0 spiro atoms. The number of nitrogen functional groups attached to an aromatic ring is 1. The van der Waals surface area contributed by atoms with Crippen molar-refractivity contribution in [3.63, 3.8) is 0 Å². The van der Waals surface area contributed by atoms with Crippen molar-refractivity contribution in [2.45, 2.75) is 0 Å². The van der Waals surface area contributed by atoms with Crippen LogP contribution in [0.1, 0.15) is 5.76 Å². The van der Waals surface area contributed by atoms with Gasteiger partial charge in [-0.15, -0.1) is 12.4 Å². The molecule has 1 aromatic rings. The second kappa shape index (κ2) is 3.72. The second-order valence-electron chi connectivity index (χ2n) is 1.81. The van der Waals surface area contributed by atoms with Gasteiger partial charge in [0.15, 0.2) is 11.6 Å². The number of nitrogens with one attached hydrogen (secondary N) is 1. The zero-order valence-corrected chi connectivity index (χ0v) is 6.63. The van der Waals surface area contributed by atoms with E-state index in [4.69, 9.17) is 11.1 Å². The number of amidine groups is 1. The smallest absolute Gasteiger partial charge is 0.397 e. The van der Waals surface area contributed by atoms with E-state index in [9.17, 15) is 10.1 Å². The molecule has 0 unspecified atom stereocenters. The van der Waals surface area contributed by atoms with Crippen molar-refractivity contribution < 1.29 is 9.34 Å². The maximum Gasteiger partial charge on any atom is 0.433 e. The first-order chi connectivity index (χ1) is 5.11. The van der Waals surface area contributed by atoms with E-state index >= 15 is 0 Å². The van der Waals surface area contributed by atoms with Gasteiger partial charge in [-0.05, 0) is 6.07 Å². The van der Waals surface area contributed by atoms with Crippen molar-refractivity contribution >= 4 is 24.1 Å². The summed E-state index contributed by atoms with van der Waals surface area (Å²) in [5, 5.41) is 16.9. The fourth-order valence-corrected chi connectivity index (χ4v) is 0.571. The molecular weight excluding hydrogens is 186 g/mol. The predicted molar refractivity (Wildman–Crippen MR) is 43.6 cm³/mol. The molecule has 3 N–H and O–H groups in total. The van der Waals surface area contributed by atoms with Gasteiger partial charge in [0.05, 0.1) is 6.07 Å². The minimum absolute atomic E-state index is 0. The van der Waals surface area contributed by atoms with Crippen LogP contribution >= 0.6 is 12.4 Å². The van der Waals surface area contributed by atoms with Gasteiger partial charge in [0.25, 0.3) is 0 Å². The fourth-order valence-electron chi connectivity index (χ4n) is 0.571. The molecule has 1 aromatic heterocycles. The van der Waals surface area contributed by atoms with Gasteiger partial charge in [-0.1, -0.05) is 0 Å². The van der Waals surface area contributed by atoms with Crippen LogP contribution in [0.5, 0.6) is 0 Å². The molecule has 0 atom stereocenters. The summed E-state index contributed by atoms with van der Waals surface area (Å²) in [5.41, 5.74) is 4.99. The number of furan rings is 1. The largest absolute Gasteiger partial charge is 0.433 e. The highest BCUT2D eigenvalue weighted by Crippen LogP contribution is 2.14. The summed E-state index contributed by atoms with van der Waals surface area (Å²) >= 11 is 0. The lowest BCUT2D eigenvalue weighted by Gasteiger charge is -1.86. The van der Waals surface area contributed by atoms with Gasteiger partial charge in [-0.2, -0.15) is 0 Å². The van der Waals surface area contributed by atoms with E-state index in [1.54, 1.807) is 0 Å². The van der Waals surface area contributed by atoms with Crippen molar-refractivity contribution in [1.82, 2.24) is 0 Å². The van der Waals surface area contributed by atoms with Crippen LogP contribution in [-0.4, -0.2) is 10.8 Å². The van der Waals surface area contributed by atoms with E-state index in [1.165, 1.54) is 6.07 Å². The Labute approximate surface area is 73.4 Å². The average Bonchev–Trinajstić information content (AvgIpc) is 2.33. The zero-order valence-electron chi connectivity index (χ0n) is 5.81. The standard InChI is InChI=1S/C5H5N3O3.ClH/c6-5(7)3-1-2-4(11-3)8(9)10;/h1-2H,(H3,6,7);1H. The van der Waals surface area contributed by atoms with Gasteiger partial charge in [0.2, 0.25) is 0 Å². The Morgan fingerprint density at radius 1 is 1.67 bits per heavy atom. The van der Waals surface area contributed by atoms with Crippen molar-refractivity contribution in [3.8, 4) is 0 Å². The number of hydrogen-bond acceptors (Lipinski definition) is 4. The Bertz CT molecular complexity index is 280. The molecule has 66 valence electrons. The first kappa shape index (κ1) is 10.4.